The summed E-state index contributed by atoms with van der Waals surface area (Å²) in [6.07, 6.45) is 1.33. The van der Waals surface area contributed by atoms with Crippen LogP contribution in [-0.2, 0) is 15.1 Å². The number of benzene rings is 1. The maximum absolute atomic E-state index is 14.7. The number of aliphatic imine (C=N–C) groups is 1. The van der Waals surface area contributed by atoms with E-state index in [0.717, 1.165) is 6.29 Å². The molecule has 1 unspecified atom stereocenters. The maximum Gasteiger partial charge on any atom is 0.237 e. The van der Waals surface area contributed by atoms with Gasteiger partial charge in [0.15, 0.2) is 5.96 Å². The van der Waals surface area contributed by atoms with E-state index in [-0.39, 0.29) is 17.8 Å². The smallest absolute Gasteiger partial charge is 0.237 e. The molecule has 1 aromatic rings. The lowest BCUT2D eigenvalue weighted by Gasteiger charge is -2.46. The van der Waals surface area contributed by atoms with Crippen LogP contribution in [0.25, 0.3) is 0 Å². The summed E-state index contributed by atoms with van der Waals surface area (Å²) in [4.78, 5) is 29.1. The Morgan fingerprint density at radius 3 is 2.65 bits per heavy atom. The minimum absolute atomic E-state index is 0.0641. The number of hydrogen-bond acceptors (Lipinski definition) is 5. The molecule has 0 aromatic heterocycles. The molecule has 0 aliphatic carbocycles. The second-order valence-electron chi connectivity index (χ2n) is 7.61. The molecule has 1 amide bonds. The molecule has 7 heteroatoms. The molecule has 1 heterocycles. The van der Waals surface area contributed by atoms with Gasteiger partial charge < -0.3 is 15.8 Å². The van der Waals surface area contributed by atoms with Crippen LogP contribution in [0.4, 0.5) is 10.1 Å². The van der Waals surface area contributed by atoms with Crippen molar-refractivity contribution in [3.8, 4) is 0 Å². The summed E-state index contributed by atoms with van der Waals surface area (Å²) in [7, 11) is 1.56. The number of halogens is 1. The van der Waals surface area contributed by atoms with Crippen molar-refractivity contribution in [2.75, 3.05) is 18.9 Å². The van der Waals surface area contributed by atoms with Gasteiger partial charge in [-0.3, -0.25) is 9.69 Å². The summed E-state index contributed by atoms with van der Waals surface area (Å²) in [6.45, 7) is 7.75. The summed E-state index contributed by atoms with van der Waals surface area (Å²) >= 11 is 0. The predicted octanol–water partition coefficient (Wildman–Crippen LogP) is 2.49. The van der Waals surface area contributed by atoms with E-state index in [9.17, 15) is 14.0 Å². The van der Waals surface area contributed by atoms with Crippen molar-refractivity contribution in [3.05, 3.63) is 29.6 Å². The van der Waals surface area contributed by atoms with E-state index in [1.165, 1.54) is 11.0 Å². The third-order valence-electron chi connectivity index (χ3n) is 5.38. The fourth-order valence-electron chi connectivity index (χ4n) is 3.12. The number of hydrogen-bond donors (Lipinski definition) is 2. The fraction of sp³-hybridized carbons (Fsp3) is 0.526. The fourth-order valence-corrected chi connectivity index (χ4v) is 3.12. The zero-order chi connectivity index (χ0) is 19.7. The average molecular weight is 362 g/mol. The summed E-state index contributed by atoms with van der Waals surface area (Å²) < 4.78 is 14.7. The van der Waals surface area contributed by atoms with Crippen LogP contribution in [-0.4, -0.2) is 36.6 Å². The number of nitrogens with two attached hydrogens (primary N) is 1. The zero-order valence-electron chi connectivity index (χ0n) is 16.0. The van der Waals surface area contributed by atoms with Crippen LogP contribution in [0.15, 0.2) is 23.2 Å². The standard InChI is InChI=1S/C19H27FN4O2/c1-12(8-9-25)11-22-13-6-7-15(20)14(10-13)19(4)18(2,3)16(26)24(5)17(21)23-19/h6-7,9-10,12,22H,8,11H2,1-5H3,(H2,21,23)/t12?,19-/m1/s1. The highest BCUT2D eigenvalue weighted by Crippen LogP contribution is 2.47. The second-order valence-corrected chi connectivity index (χ2v) is 7.61. The van der Waals surface area contributed by atoms with Gasteiger partial charge in [-0.15, -0.1) is 0 Å². The third-order valence-corrected chi connectivity index (χ3v) is 5.38. The number of amides is 1. The van der Waals surface area contributed by atoms with Gasteiger partial charge in [0.1, 0.15) is 17.6 Å². The van der Waals surface area contributed by atoms with Crippen LogP contribution in [0.3, 0.4) is 0 Å². The van der Waals surface area contributed by atoms with Crippen molar-refractivity contribution in [2.24, 2.45) is 22.1 Å². The quantitative estimate of drug-likeness (QED) is 0.761. The molecular formula is C19H27FN4O2. The first-order valence-corrected chi connectivity index (χ1v) is 8.65. The van der Waals surface area contributed by atoms with Gasteiger partial charge in [0, 0.05) is 31.3 Å². The Hall–Kier alpha value is -2.44. The van der Waals surface area contributed by atoms with Gasteiger partial charge in [-0.25, -0.2) is 9.38 Å². The Balaban J connectivity index is 2.44. The molecule has 1 aromatic carbocycles. The van der Waals surface area contributed by atoms with Crippen LogP contribution in [0.5, 0.6) is 0 Å². The molecule has 1 aliphatic rings. The average Bonchev–Trinajstić information content (AvgIpc) is 2.58. The maximum atomic E-state index is 14.7. The summed E-state index contributed by atoms with van der Waals surface area (Å²) in [5.74, 6) is -0.438. The zero-order valence-corrected chi connectivity index (χ0v) is 16.0. The first-order valence-electron chi connectivity index (χ1n) is 8.65. The predicted molar refractivity (Wildman–Crippen MR) is 100 cm³/mol. The molecule has 2 atom stereocenters. The van der Waals surface area contributed by atoms with Crippen molar-refractivity contribution in [2.45, 2.75) is 39.7 Å². The number of guanidine groups is 1. The second kappa shape index (κ2) is 7.05. The molecule has 2 rings (SSSR count). The Kier molecular flexibility index (Phi) is 5.39. The molecule has 0 saturated heterocycles. The monoisotopic (exact) mass is 362 g/mol. The molecule has 26 heavy (non-hydrogen) atoms. The largest absolute Gasteiger partial charge is 0.385 e. The van der Waals surface area contributed by atoms with Crippen molar-refractivity contribution in [1.29, 1.82) is 0 Å². The van der Waals surface area contributed by atoms with E-state index < -0.39 is 16.8 Å². The summed E-state index contributed by atoms with van der Waals surface area (Å²) in [5.41, 5.74) is 4.80. The summed E-state index contributed by atoms with van der Waals surface area (Å²) in [5, 5.41) is 3.21. The Morgan fingerprint density at radius 2 is 2.04 bits per heavy atom. The molecule has 0 fully saturated rings. The molecule has 142 valence electrons. The molecule has 3 N–H and O–H groups in total. The lowest BCUT2D eigenvalue weighted by molar-refractivity contribution is -0.140. The molecule has 0 bridgehead atoms. The van der Waals surface area contributed by atoms with E-state index >= 15 is 0 Å². The lowest BCUT2D eigenvalue weighted by Crippen LogP contribution is -2.58. The molecule has 0 radical (unpaired) electrons. The number of nitrogens with one attached hydrogen (secondary N) is 1. The van der Waals surface area contributed by atoms with Crippen LogP contribution in [0.1, 0.15) is 39.7 Å². The van der Waals surface area contributed by atoms with E-state index in [1.54, 1.807) is 40.0 Å². The van der Waals surface area contributed by atoms with Crippen molar-refractivity contribution >= 4 is 23.8 Å². The van der Waals surface area contributed by atoms with Gasteiger partial charge in [-0.2, -0.15) is 0 Å². The van der Waals surface area contributed by atoms with E-state index in [0.29, 0.717) is 24.2 Å². The van der Waals surface area contributed by atoms with Crippen LogP contribution < -0.4 is 11.1 Å². The van der Waals surface area contributed by atoms with Crippen molar-refractivity contribution in [1.82, 2.24) is 4.90 Å². The molecular weight excluding hydrogens is 335 g/mol. The van der Waals surface area contributed by atoms with E-state index in [4.69, 9.17) is 5.73 Å². The molecule has 0 saturated carbocycles. The number of carbonyl (C=O) groups excluding carboxylic acids is 2. The van der Waals surface area contributed by atoms with Crippen LogP contribution >= 0.6 is 0 Å². The normalized spacial score (nSPS) is 23.4. The number of carbonyl (C=O) groups is 2. The van der Waals surface area contributed by atoms with E-state index in [2.05, 4.69) is 10.3 Å². The highest BCUT2D eigenvalue weighted by Gasteiger charge is 2.53. The SMILES string of the molecule is CC(CC=O)CNc1ccc(F)c([C@@]2(C)N=C(N)N(C)C(=O)C2(C)C)c1. The lowest BCUT2D eigenvalue weighted by atomic mass is 9.67. The topological polar surface area (TPSA) is 87.8 Å². The molecule has 6 nitrogen and oxygen atoms in total. The number of anilines is 1. The summed E-state index contributed by atoms with van der Waals surface area (Å²) in [6, 6.07) is 4.66. The van der Waals surface area contributed by atoms with Gasteiger partial charge in [0.25, 0.3) is 0 Å². The third kappa shape index (κ3) is 3.30. The van der Waals surface area contributed by atoms with Crippen molar-refractivity contribution in [3.63, 3.8) is 0 Å². The van der Waals surface area contributed by atoms with Gasteiger partial charge >= 0.3 is 0 Å². The molecule has 0 spiro atoms. The first-order chi connectivity index (χ1) is 12.0. The highest BCUT2D eigenvalue weighted by atomic mass is 19.1. The first kappa shape index (κ1) is 19.9. The number of aldehydes is 1. The van der Waals surface area contributed by atoms with Crippen LogP contribution in [0.2, 0.25) is 0 Å². The minimum atomic E-state index is -1.14. The van der Waals surface area contributed by atoms with Gasteiger partial charge in [0.05, 0.1) is 5.41 Å². The van der Waals surface area contributed by atoms with Gasteiger partial charge in [0.2, 0.25) is 5.91 Å². The van der Waals surface area contributed by atoms with E-state index in [1.807, 2.05) is 6.92 Å². The molecule has 1 aliphatic heterocycles. The minimum Gasteiger partial charge on any atom is -0.385 e. The Bertz CT molecular complexity index is 747. The highest BCUT2D eigenvalue weighted by molar-refractivity contribution is 6.01. The number of rotatable bonds is 6. The number of nitrogens with zero attached hydrogens (tertiary/aromatic N) is 2. The van der Waals surface area contributed by atoms with Crippen LogP contribution in [0, 0.1) is 17.2 Å². The van der Waals surface area contributed by atoms with Gasteiger partial charge in [-0.1, -0.05) is 6.92 Å². The van der Waals surface area contributed by atoms with Crippen molar-refractivity contribution < 1.29 is 14.0 Å². The Labute approximate surface area is 153 Å². The van der Waals surface area contributed by atoms with Gasteiger partial charge in [-0.05, 0) is 44.9 Å². The Morgan fingerprint density at radius 1 is 1.38 bits per heavy atom.